The summed E-state index contributed by atoms with van der Waals surface area (Å²) in [6.45, 7) is 9.22. The molecule has 1 unspecified atom stereocenters. The van der Waals surface area contributed by atoms with E-state index in [2.05, 4.69) is 62.2 Å². The Labute approximate surface area is 99.3 Å². The van der Waals surface area contributed by atoms with Gasteiger partial charge in [0.15, 0.2) is 0 Å². The van der Waals surface area contributed by atoms with Crippen molar-refractivity contribution in [1.29, 1.82) is 0 Å². The van der Waals surface area contributed by atoms with Crippen LogP contribution in [0, 0.1) is 11.8 Å². The molecule has 1 rings (SSSR count). The summed E-state index contributed by atoms with van der Waals surface area (Å²) < 4.78 is 0. The van der Waals surface area contributed by atoms with E-state index >= 15 is 0 Å². The fraction of sp³-hybridized carbons (Fsp3) is 0.467. The van der Waals surface area contributed by atoms with E-state index in [-0.39, 0.29) is 0 Å². The number of hydrogen-bond donors (Lipinski definition) is 1. The van der Waals surface area contributed by atoms with Crippen molar-refractivity contribution in [3.8, 4) is 11.8 Å². The summed E-state index contributed by atoms with van der Waals surface area (Å²) >= 11 is 0. The van der Waals surface area contributed by atoms with Crippen molar-refractivity contribution in [3.63, 3.8) is 0 Å². The normalized spacial score (nSPS) is 12.1. The van der Waals surface area contributed by atoms with Crippen LogP contribution in [0.5, 0.6) is 0 Å². The molecule has 0 amide bonds. The highest BCUT2D eigenvalue weighted by Crippen LogP contribution is 2.18. The standard InChI is InChI=1S/C15H21N/c1-5-6-11-16-13(4)15-9-7-14(8-10-15)12(2)3/h7-10,12-13,16H,11H2,1-4H3. The van der Waals surface area contributed by atoms with E-state index < -0.39 is 0 Å². The van der Waals surface area contributed by atoms with E-state index in [9.17, 15) is 0 Å². The van der Waals surface area contributed by atoms with Gasteiger partial charge in [-0.05, 0) is 30.9 Å². The van der Waals surface area contributed by atoms with Gasteiger partial charge < -0.3 is 0 Å². The molecule has 0 aliphatic carbocycles. The summed E-state index contributed by atoms with van der Waals surface area (Å²) in [5.74, 6) is 6.50. The second-order valence-electron chi connectivity index (χ2n) is 4.35. The zero-order chi connectivity index (χ0) is 12.0. The fourth-order valence-electron chi connectivity index (χ4n) is 1.58. The summed E-state index contributed by atoms with van der Waals surface area (Å²) in [6, 6.07) is 9.19. The molecule has 1 N–H and O–H groups in total. The average molecular weight is 215 g/mol. The molecule has 0 fully saturated rings. The molecule has 0 spiro atoms. The van der Waals surface area contributed by atoms with Crippen LogP contribution < -0.4 is 5.32 Å². The summed E-state index contributed by atoms with van der Waals surface area (Å²) in [5, 5.41) is 3.37. The Morgan fingerprint density at radius 3 is 2.12 bits per heavy atom. The Morgan fingerprint density at radius 2 is 1.62 bits per heavy atom. The molecule has 1 nitrogen and oxygen atoms in total. The molecule has 0 saturated heterocycles. The van der Waals surface area contributed by atoms with Crippen molar-refractivity contribution >= 4 is 0 Å². The lowest BCUT2D eigenvalue weighted by Crippen LogP contribution is -2.18. The first kappa shape index (κ1) is 12.8. The lowest BCUT2D eigenvalue weighted by atomic mass is 10.00. The van der Waals surface area contributed by atoms with E-state index in [1.165, 1.54) is 11.1 Å². The van der Waals surface area contributed by atoms with Gasteiger partial charge in [-0.1, -0.05) is 44.0 Å². The van der Waals surface area contributed by atoms with Crippen LogP contribution in [-0.4, -0.2) is 6.54 Å². The highest BCUT2D eigenvalue weighted by Gasteiger charge is 2.04. The quantitative estimate of drug-likeness (QED) is 0.758. The van der Waals surface area contributed by atoms with Crippen molar-refractivity contribution in [2.75, 3.05) is 6.54 Å². The largest absolute Gasteiger partial charge is 0.300 e. The zero-order valence-electron chi connectivity index (χ0n) is 10.7. The topological polar surface area (TPSA) is 12.0 Å². The maximum atomic E-state index is 3.37. The Morgan fingerprint density at radius 1 is 1.06 bits per heavy atom. The van der Waals surface area contributed by atoms with Gasteiger partial charge in [0.2, 0.25) is 0 Å². The van der Waals surface area contributed by atoms with E-state index in [1.807, 2.05) is 6.92 Å². The predicted octanol–water partition coefficient (Wildman–Crippen LogP) is 3.48. The van der Waals surface area contributed by atoms with Gasteiger partial charge in [0.05, 0.1) is 6.54 Å². The Balaban J connectivity index is 2.61. The molecule has 0 aliphatic heterocycles. The Bertz CT molecular complexity index is 365. The van der Waals surface area contributed by atoms with Crippen LogP contribution in [0.25, 0.3) is 0 Å². The van der Waals surface area contributed by atoms with E-state index in [0.717, 1.165) is 6.54 Å². The van der Waals surface area contributed by atoms with Gasteiger partial charge in [-0.15, -0.1) is 5.92 Å². The maximum absolute atomic E-state index is 3.37. The number of nitrogens with one attached hydrogen (secondary N) is 1. The van der Waals surface area contributed by atoms with Gasteiger partial charge in [0.1, 0.15) is 0 Å². The molecule has 0 heterocycles. The van der Waals surface area contributed by atoms with Crippen LogP contribution in [-0.2, 0) is 0 Å². The van der Waals surface area contributed by atoms with Gasteiger partial charge >= 0.3 is 0 Å². The van der Waals surface area contributed by atoms with E-state index in [4.69, 9.17) is 0 Å². The third-order valence-corrected chi connectivity index (χ3v) is 2.78. The zero-order valence-corrected chi connectivity index (χ0v) is 10.7. The molecule has 0 aromatic heterocycles. The molecule has 0 saturated carbocycles. The SMILES string of the molecule is CC#CCNC(C)c1ccc(C(C)C)cc1. The summed E-state index contributed by atoms with van der Waals surface area (Å²) in [4.78, 5) is 0. The second kappa shape index (κ2) is 6.35. The third-order valence-electron chi connectivity index (χ3n) is 2.78. The van der Waals surface area contributed by atoms with Crippen molar-refractivity contribution in [3.05, 3.63) is 35.4 Å². The van der Waals surface area contributed by atoms with Crippen molar-refractivity contribution < 1.29 is 0 Å². The highest BCUT2D eigenvalue weighted by atomic mass is 14.9. The van der Waals surface area contributed by atoms with Crippen LogP contribution in [0.3, 0.4) is 0 Å². The minimum atomic E-state index is 0.363. The molecule has 1 aromatic rings. The van der Waals surface area contributed by atoms with Gasteiger partial charge in [-0.2, -0.15) is 0 Å². The number of rotatable bonds is 4. The van der Waals surface area contributed by atoms with Gasteiger partial charge in [0.25, 0.3) is 0 Å². The minimum Gasteiger partial charge on any atom is -0.300 e. The summed E-state index contributed by atoms with van der Waals surface area (Å²) in [6.07, 6.45) is 0. The molecule has 0 bridgehead atoms. The maximum Gasteiger partial charge on any atom is 0.0581 e. The first-order valence-electron chi connectivity index (χ1n) is 5.88. The van der Waals surface area contributed by atoms with Gasteiger partial charge in [-0.25, -0.2) is 0 Å². The van der Waals surface area contributed by atoms with Gasteiger partial charge in [0, 0.05) is 6.04 Å². The van der Waals surface area contributed by atoms with Crippen LogP contribution in [0.2, 0.25) is 0 Å². The lowest BCUT2D eigenvalue weighted by molar-refractivity contribution is 0.622. The van der Waals surface area contributed by atoms with Crippen LogP contribution in [0.15, 0.2) is 24.3 Å². The monoisotopic (exact) mass is 215 g/mol. The molecule has 1 aromatic carbocycles. The van der Waals surface area contributed by atoms with Crippen molar-refractivity contribution in [2.45, 2.75) is 39.7 Å². The molecular formula is C15H21N. The molecule has 1 heteroatoms. The summed E-state index contributed by atoms with van der Waals surface area (Å²) in [7, 11) is 0. The van der Waals surface area contributed by atoms with E-state index in [1.54, 1.807) is 0 Å². The van der Waals surface area contributed by atoms with Crippen LogP contribution in [0.1, 0.15) is 50.8 Å². The van der Waals surface area contributed by atoms with Crippen LogP contribution in [0.4, 0.5) is 0 Å². The van der Waals surface area contributed by atoms with Gasteiger partial charge in [-0.3, -0.25) is 5.32 Å². The second-order valence-corrected chi connectivity index (χ2v) is 4.35. The molecule has 1 atom stereocenters. The summed E-state index contributed by atoms with van der Waals surface area (Å²) in [5.41, 5.74) is 2.71. The Hall–Kier alpha value is -1.26. The first-order valence-corrected chi connectivity index (χ1v) is 5.88. The smallest absolute Gasteiger partial charge is 0.0581 e. The highest BCUT2D eigenvalue weighted by molar-refractivity contribution is 5.26. The van der Waals surface area contributed by atoms with Crippen molar-refractivity contribution in [2.24, 2.45) is 0 Å². The van der Waals surface area contributed by atoms with Crippen LogP contribution >= 0.6 is 0 Å². The molecule has 16 heavy (non-hydrogen) atoms. The fourth-order valence-corrected chi connectivity index (χ4v) is 1.58. The lowest BCUT2D eigenvalue weighted by Gasteiger charge is -2.13. The molecular weight excluding hydrogens is 194 g/mol. The molecule has 0 radical (unpaired) electrons. The Kier molecular flexibility index (Phi) is 5.08. The first-order chi connectivity index (χ1) is 7.65. The van der Waals surface area contributed by atoms with Crippen molar-refractivity contribution in [1.82, 2.24) is 5.32 Å². The number of hydrogen-bond acceptors (Lipinski definition) is 1. The molecule has 0 aliphatic rings. The van der Waals surface area contributed by atoms with E-state index in [0.29, 0.717) is 12.0 Å². The average Bonchev–Trinajstić information content (AvgIpc) is 2.29. The number of benzene rings is 1. The third kappa shape index (κ3) is 3.72. The minimum absolute atomic E-state index is 0.363. The predicted molar refractivity (Wildman–Crippen MR) is 70.4 cm³/mol. The molecule has 86 valence electrons.